The second kappa shape index (κ2) is 7.27. The number of carbonyl (C=O) groups is 2. The lowest BCUT2D eigenvalue weighted by Gasteiger charge is -2.33. The maximum absolute atomic E-state index is 11.3. The van der Waals surface area contributed by atoms with Gasteiger partial charge in [0, 0.05) is 19.0 Å². The van der Waals surface area contributed by atoms with E-state index in [0.29, 0.717) is 19.0 Å². The summed E-state index contributed by atoms with van der Waals surface area (Å²) >= 11 is 0. The van der Waals surface area contributed by atoms with Gasteiger partial charge in [-0.05, 0) is 19.4 Å². The molecular formula is C12H23N3O2. The van der Waals surface area contributed by atoms with Gasteiger partial charge in [-0.2, -0.15) is 0 Å². The minimum Gasteiger partial charge on any atom is -0.351 e. The van der Waals surface area contributed by atoms with Crippen molar-refractivity contribution in [3.05, 3.63) is 0 Å². The first-order valence-corrected chi connectivity index (χ1v) is 6.46. The van der Waals surface area contributed by atoms with Crippen molar-refractivity contribution < 1.29 is 9.59 Å². The predicted octanol–water partition coefficient (Wildman–Crippen LogP) is 1.23. The first-order chi connectivity index (χ1) is 8.13. The number of rotatable bonds is 5. The highest BCUT2D eigenvalue weighted by Crippen LogP contribution is 2.22. The van der Waals surface area contributed by atoms with E-state index in [2.05, 4.69) is 17.1 Å². The highest BCUT2D eigenvalue weighted by molar-refractivity contribution is 5.93. The highest BCUT2D eigenvalue weighted by Gasteiger charge is 2.20. The summed E-state index contributed by atoms with van der Waals surface area (Å²) in [5.41, 5.74) is 4.89. The molecule has 1 aliphatic carbocycles. The minimum absolute atomic E-state index is 0.285. The molecule has 0 bridgehead atoms. The standard InChI is InChI=1S/C12H23N3O2/c1-2-15(10-6-4-3-5-7-10)9-8-11(16)14-12(13)17/h10H,2-9H2,1H3,(H3,13,14,16,17). The van der Waals surface area contributed by atoms with E-state index in [9.17, 15) is 9.59 Å². The molecule has 3 amide bonds. The molecule has 0 radical (unpaired) electrons. The molecule has 0 spiro atoms. The third-order valence-corrected chi connectivity index (χ3v) is 3.39. The Bertz CT molecular complexity index is 262. The summed E-state index contributed by atoms with van der Waals surface area (Å²) in [6, 6.07) is -0.161. The molecule has 3 N–H and O–H groups in total. The van der Waals surface area contributed by atoms with E-state index in [1.54, 1.807) is 0 Å². The predicted molar refractivity (Wildman–Crippen MR) is 66.5 cm³/mol. The van der Waals surface area contributed by atoms with E-state index >= 15 is 0 Å². The number of nitrogens with one attached hydrogen (secondary N) is 1. The lowest BCUT2D eigenvalue weighted by atomic mass is 9.94. The van der Waals surface area contributed by atoms with E-state index in [4.69, 9.17) is 5.73 Å². The molecule has 0 aromatic rings. The molecule has 1 aliphatic rings. The van der Waals surface area contributed by atoms with E-state index in [-0.39, 0.29) is 5.91 Å². The van der Waals surface area contributed by atoms with Crippen molar-refractivity contribution >= 4 is 11.9 Å². The molecule has 98 valence electrons. The van der Waals surface area contributed by atoms with Crippen molar-refractivity contribution in [3.8, 4) is 0 Å². The quantitative estimate of drug-likeness (QED) is 0.760. The van der Waals surface area contributed by atoms with Gasteiger partial charge in [0.1, 0.15) is 0 Å². The molecule has 5 heteroatoms. The summed E-state index contributed by atoms with van der Waals surface area (Å²) in [5, 5.41) is 2.10. The van der Waals surface area contributed by atoms with E-state index in [0.717, 1.165) is 6.54 Å². The SMILES string of the molecule is CCN(CCC(=O)NC(N)=O)C1CCCCC1. The minimum atomic E-state index is -0.768. The highest BCUT2D eigenvalue weighted by atomic mass is 16.2. The number of hydrogen-bond donors (Lipinski definition) is 2. The van der Waals surface area contributed by atoms with Crippen LogP contribution in [-0.2, 0) is 4.79 Å². The van der Waals surface area contributed by atoms with Crippen LogP contribution < -0.4 is 11.1 Å². The third kappa shape index (κ3) is 5.17. The second-order valence-electron chi connectivity index (χ2n) is 4.58. The average molecular weight is 241 g/mol. The lowest BCUT2D eigenvalue weighted by molar-refractivity contribution is -0.120. The molecule has 1 saturated carbocycles. The maximum atomic E-state index is 11.3. The average Bonchev–Trinajstić information content (AvgIpc) is 2.30. The summed E-state index contributed by atoms with van der Waals surface area (Å²) < 4.78 is 0. The molecule has 1 rings (SSSR count). The van der Waals surface area contributed by atoms with Gasteiger partial charge in [-0.1, -0.05) is 26.2 Å². The molecule has 0 saturated heterocycles. The Labute approximate surface area is 103 Å². The zero-order valence-corrected chi connectivity index (χ0v) is 10.6. The molecule has 0 aromatic heterocycles. The van der Waals surface area contributed by atoms with Gasteiger partial charge in [-0.3, -0.25) is 10.1 Å². The fraction of sp³-hybridized carbons (Fsp3) is 0.833. The van der Waals surface area contributed by atoms with Crippen LogP contribution in [0, 0.1) is 0 Å². The van der Waals surface area contributed by atoms with Crippen LogP contribution >= 0.6 is 0 Å². The van der Waals surface area contributed by atoms with Gasteiger partial charge >= 0.3 is 6.03 Å². The van der Waals surface area contributed by atoms with E-state index < -0.39 is 6.03 Å². The monoisotopic (exact) mass is 241 g/mol. The molecule has 0 atom stereocenters. The Morgan fingerprint density at radius 1 is 1.29 bits per heavy atom. The molecule has 0 aromatic carbocycles. The second-order valence-corrected chi connectivity index (χ2v) is 4.58. The fourth-order valence-electron chi connectivity index (χ4n) is 2.49. The van der Waals surface area contributed by atoms with Crippen LogP contribution in [0.2, 0.25) is 0 Å². The number of urea groups is 1. The molecule has 5 nitrogen and oxygen atoms in total. The summed E-state index contributed by atoms with van der Waals surface area (Å²) in [6.45, 7) is 3.77. The number of hydrogen-bond acceptors (Lipinski definition) is 3. The lowest BCUT2D eigenvalue weighted by Crippen LogP contribution is -2.41. The normalized spacial score (nSPS) is 17.1. The Hall–Kier alpha value is -1.10. The van der Waals surface area contributed by atoms with Gasteiger partial charge in [-0.15, -0.1) is 0 Å². The van der Waals surface area contributed by atoms with Gasteiger partial charge in [-0.25, -0.2) is 4.79 Å². The Balaban J connectivity index is 2.30. The summed E-state index contributed by atoms with van der Waals surface area (Å²) in [4.78, 5) is 24.2. The number of nitrogens with zero attached hydrogens (tertiary/aromatic N) is 1. The van der Waals surface area contributed by atoms with Crippen molar-refractivity contribution in [3.63, 3.8) is 0 Å². The Kier molecular flexibility index (Phi) is 5.97. The van der Waals surface area contributed by atoms with Crippen molar-refractivity contribution in [2.24, 2.45) is 5.73 Å². The van der Waals surface area contributed by atoms with Crippen LogP contribution in [0.4, 0.5) is 4.79 Å². The molecule has 0 aliphatic heterocycles. The van der Waals surface area contributed by atoms with Gasteiger partial charge in [0.05, 0.1) is 0 Å². The van der Waals surface area contributed by atoms with E-state index in [1.165, 1.54) is 32.1 Å². The van der Waals surface area contributed by atoms with Crippen LogP contribution in [-0.4, -0.2) is 36.0 Å². The topological polar surface area (TPSA) is 75.4 Å². The molecular weight excluding hydrogens is 218 g/mol. The third-order valence-electron chi connectivity index (χ3n) is 3.39. The van der Waals surface area contributed by atoms with Crippen LogP contribution in [0.3, 0.4) is 0 Å². The Morgan fingerprint density at radius 3 is 2.47 bits per heavy atom. The number of carbonyl (C=O) groups excluding carboxylic acids is 2. The van der Waals surface area contributed by atoms with Gasteiger partial charge in [0.15, 0.2) is 0 Å². The molecule has 0 unspecified atom stereocenters. The van der Waals surface area contributed by atoms with Crippen molar-refractivity contribution in [2.45, 2.75) is 51.5 Å². The van der Waals surface area contributed by atoms with Crippen LogP contribution in [0.25, 0.3) is 0 Å². The first kappa shape index (κ1) is 14.0. The van der Waals surface area contributed by atoms with Crippen molar-refractivity contribution in [1.82, 2.24) is 10.2 Å². The van der Waals surface area contributed by atoms with Gasteiger partial charge in [0.25, 0.3) is 0 Å². The van der Waals surface area contributed by atoms with Gasteiger partial charge in [0.2, 0.25) is 5.91 Å². The number of amides is 3. The number of primary amides is 1. The van der Waals surface area contributed by atoms with Crippen LogP contribution in [0.15, 0.2) is 0 Å². The van der Waals surface area contributed by atoms with Crippen molar-refractivity contribution in [2.75, 3.05) is 13.1 Å². The van der Waals surface area contributed by atoms with E-state index in [1.807, 2.05) is 0 Å². The molecule has 17 heavy (non-hydrogen) atoms. The summed E-state index contributed by atoms with van der Waals surface area (Å²) in [5.74, 6) is -0.285. The zero-order chi connectivity index (χ0) is 12.7. The maximum Gasteiger partial charge on any atom is 0.318 e. The largest absolute Gasteiger partial charge is 0.351 e. The number of nitrogens with two attached hydrogens (primary N) is 1. The molecule has 0 heterocycles. The van der Waals surface area contributed by atoms with Gasteiger partial charge < -0.3 is 10.6 Å². The number of imide groups is 1. The smallest absolute Gasteiger partial charge is 0.318 e. The summed E-state index contributed by atoms with van der Waals surface area (Å²) in [7, 11) is 0. The van der Waals surface area contributed by atoms with Crippen LogP contribution in [0.5, 0.6) is 0 Å². The fourth-order valence-corrected chi connectivity index (χ4v) is 2.49. The Morgan fingerprint density at radius 2 is 1.94 bits per heavy atom. The summed E-state index contributed by atoms with van der Waals surface area (Å²) in [6.07, 6.45) is 6.70. The van der Waals surface area contributed by atoms with Crippen LogP contribution in [0.1, 0.15) is 45.4 Å². The first-order valence-electron chi connectivity index (χ1n) is 6.46. The molecule has 1 fully saturated rings. The zero-order valence-electron chi connectivity index (χ0n) is 10.6. The van der Waals surface area contributed by atoms with Crippen molar-refractivity contribution in [1.29, 1.82) is 0 Å².